The van der Waals surface area contributed by atoms with Crippen molar-refractivity contribution in [3.8, 4) is 5.75 Å². The third-order valence-corrected chi connectivity index (χ3v) is 3.99. The first-order chi connectivity index (χ1) is 12.6. The molecule has 0 amide bonds. The molecule has 0 spiro atoms. The molecular weight excluding hydrogens is 328 g/mol. The lowest BCUT2D eigenvalue weighted by Crippen LogP contribution is -2.07. The first-order valence-electron chi connectivity index (χ1n) is 9.21. The summed E-state index contributed by atoms with van der Waals surface area (Å²) in [5.74, 6) is 0.176. The zero-order chi connectivity index (χ0) is 18.8. The summed E-state index contributed by atoms with van der Waals surface area (Å²) in [6, 6.07) is 14.1. The second kappa shape index (κ2) is 10.3. The van der Waals surface area contributed by atoms with Crippen LogP contribution in [0.3, 0.4) is 0 Å². The molecule has 0 saturated heterocycles. The number of unbranched alkanes of at least 4 members (excludes halogenated alkanes) is 2. The normalized spacial score (nSPS) is 11.4. The van der Waals surface area contributed by atoms with Gasteiger partial charge in [0.2, 0.25) is 5.69 Å². The molecule has 0 fully saturated rings. The summed E-state index contributed by atoms with van der Waals surface area (Å²) in [6.45, 7) is 4.18. The lowest BCUT2D eigenvalue weighted by molar-refractivity contribution is -0.435. The van der Waals surface area contributed by atoms with Gasteiger partial charge in [-0.2, -0.15) is 0 Å². The molecule has 0 unspecified atom stereocenters. The molecule has 138 valence electrons. The zero-order valence-electron chi connectivity index (χ0n) is 15.5. The average molecular weight is 354 g/mol. The molecule has 0 saturated carbocycles. The summed E-state index contributed by atoms with van der Waals surface area (Å²) >= 11 is 0. The van der Waals surface area contributed by atoms with Crippen molar-refractivity contribution in [2.45, 2.75) is 52.4 Å². The predicted octanol–water partition coefficient (Wildman–Crippen LogP) is 6.05. The fourth-order valence-electron chi connectivity index (χ4n) is 2.42. The van der Waals surface area contributed by atoms with Gasteiger partial charge in [0.05, 0.1) is 0 Å². The molecule has 0 radical (unpaired) electrons. The third kappa shape index (κ3) is 6.31. The van der Waals surface area contributed by atoms with Crippen molar-refractivity contribution >= 4 is 17.3 Å². The van der Waals surface area contributed by atoms with Crippen molar-refractivity contribution in [3.05, 3.63) is 59.3 Å². The van der Waals surface area contributed by atoms with Crippen LogP contribution in [0.1, 0.15) is 51.5 Å². The number of ether oxygens (including phenoxy) is 1. The van der Waals surface area contributed by atoms with Gasteiger partial charge in [0, 0.05) is 23.7 Å². The highest BCUT2D eigenvalue weighted by atomic mass is 16.5. The molecule has 0 aliphatic carbocycles. The Morgan fingerprint density at radius 1 is 1.00 bits per heavy atom. The first kappa shape index (κ1) is 19.6. The maximum absolute atomic E-state index is 12.2. The van der Waals surface area contributed by atoms with Crippen molar-refractivity contribution in [2.24, 2.45) is 5.11 Å². The van der Waals surface area contributed by atoms with Gasteiger partial charge in [0.15, 0.2) is 0 Å². The van der Waals surface area contributed by atoms with Crippen LogP contribution in [0.2, 0.25) is 0 Å². The lowest BCUT2D eigenvalue weighted by Gasteiger charge is -2.04. The summed E-state index contributed by atoms with van der Waals surface area (Å²) in [5.41, 5.74) is 2.24. The molecule has 0 heterocycles. The van der Waals surface area contributed by atoms with Gasteiger partial charge in [-0.3, -0.25) is 4.79 Å². The van der Waals surface area contributed by atoms with Crippen LogP contribution in [-0.4, -0.2) is 10.8 Å². The van der Waals surface area contributed by atoms with Gasteiger partial charge in [-0.05, 0) is 49.1 Å². The smallest absolute Gasteiger partial charge is 0.311 e. The number of azo groups is 1. The maximum Gasteiger partial charge on any atom is 0.311 e. The predicted molar refractivity (Wildman–Crippen MR) is 102 cm³/mol. The van der Waals surface area contributed by atoms with E-state index in [2.05, 4.69) is 12.0 Å². The molecular formula is C21H26N2O3. The fraction of sp³-hybridized carbons (Fsp3) is 0.381. The average Bonchev–Trinajstić information content (AvgIpc) is 2.66. The van der Waals surface area contributed by atoms with Gasteiger partial charge in [-0.25, -0.2) is 0 Å². The van der Waals surface area contributed by atoms with Crippen molar-refractivity contribution < 1.29 is 14.4 Å². The number of carbonyl (C=O) groups is 1. The molecule has 5 nitrogen and oxygen atoms in total. The van der Waals surface area contributed by atoms with Crippen LogP contribution in [0.5, 0.6) is 5.75 Å². The maximum atomic E-state index is 12.2. The van der Waals surface area contributed by atoms with Crippen LogP contribution in [0.15, 0.2) is 53.6 Å². The highest BCUT2D eigenvalue weighted by Crippen LogP contribution is 2.21. The first-order valence-corrected chi connectivity index (χ1v) is 9.21. The molecule has 2 aromatic rings. The van der Waals surface area contributed by atoms with Crippen molar-refractivity contribution in [2.75, 3.05) is 0 Å². The van der Waals surface area contributed by atoms with Gasteiger partial charge < -0.3 is 9.94 Å². The molecule has 2 aromatic carbocycles. The van der Waals surface area contributed by atoms with E-state index < -0.39 is 0 Å². The molecule has 0 aliphatic heterocycles. The van der Waals surface area contributed by atoms with E-state index in [0.717, 1.165) is 32.1 Å². The van der Waals surface area contributed by atoms with E-state index >= 15 is 0 Å². The molecule has 0 N–H and O–H groups in total. The summed E-state index contributed by atoms with van der Waals surface area (Å²) in [4.78, 5) is 12.2. The monoisotopic (exact) mass is 354 g/mol. The van der Waals surface area contributed by atoms with E-state index in [1.165, 1.54) is 5.56 Å². The van der Waals surface area contributed by atoms with E-state index in [4.69, 9.17) is 4.74 Å². The minimum absolute atomic E-state index is 0.258. The van der Waals surface area contributed by atoms with Crippen LogP contribution in [0, 0.1) is 5.21 Å². The van der Waals surface area contributed by atoms with Gasteiger partial charge in [-0.15, -0.1) is 0 Å². The van der Waals surface area contributed by atoms with Crippen LogP contribution in [0.4, 0.5) is 11.4 Å². The van der Waals surface area contributed by atoms with Crippen LogP contribution < -0.4 is 4.74 Å². The zero-order valence-corrected chi connectivity index (χ0v) is 15.5. The molecule has 0 aliphatic rings. The number of esters is 1. The molecule has 5 heteroatoms. The Morgan fingerprint density at radius 2 is 1.65 bits per heavy atom. The molecule has 0 atom stereocenters. The Hall–Kier alpha value is -2.69. The second-order valence-corrected chi connectivity index (χ2v) is 6.21. The molecule has 0 bridgehead atoms. The SMILES string of the molecule is CCCCC(=O)Oc1ccc([N+]([O-])=Nc2ccc(CCCC)cc2)cc1. The molecule has 0 aromatic heterocycles. The summed E-state index contributed by atoms with van der Waals surface area (Å²) in [7, 11) is 0. The third-order valence-electron chi connectivity index (χ3n) is 3.99. The van der Waals surface area contributed by atoms with E-state index in [1.807, 2.05) is 31.2 Å². The van der Waals surface area contributed by atoms with E-state index in [1.54, 1.807) is 24.3 Å². The quantitative estimate of drug-likeness (QED) is 0.181. The van der Waals surface area contributed by atoms with Crippen molar-refractivity contribution in [1.82, 2.24) is 0 Å². The number of nitrogens with zero attached hydrogens (tertiary/aromatic N) is 2. The Morgan fingerprint density at radius 3 is 2.27 bits per heavy atom. The van der Waals surface area contributed by atoms with Gasteiger partial charge >= 0.3 is 5.97 Å². The summed E-state index contributed by atoms with van der Waals surface area (Å²) < 4.78 is 5.22. The standard InChI is InChI=1S/C21H26N2O3/c1-3-5-7-17-9-11-18(12-10-17)22-23(25)19-13-15-20(16-14-19)26-21(24)8-6-4-2/h9-16H,3-8H2,1-2H3. The number of benzene rings is 2. The fourth-order valence-corrected chi connectivity index (χ4v) is 2.42. The van der Waals surface area contributed by atoms with Crippen molar-refractivity contribution in [3.63, 3.8) is 0 Å². The Bertz CT molecular complexity index is 722. The Labute approximate surface area is 154 Å². The minimum atomic E-state index is -0.258. The number of hydrogen-bond acceptors (Lipinski definition) is 4. The van der Waals surface area contributed by atoms with Crippen LogP contribution in [-0.2, 0) is 11.2 Å². The number of hydrogen-bond donors (Lipinski definition) is 0. The van der Waals surface area contributed by atoms with Crippen LogP contribution in [0.25, 0.3) is 0 Å². The van der Waals surface area contributed by atoms with Gasteiger partial charge in [-0.1, -0.05) is 43.7 Å². The number of carbonyl (C=O) groups excluding carboxylic acids is 1. The molecule has 2 rings (SSSR count). The van der Waals surface area contributed by atoms with E-state index in [9.17, 15) is 10.0 Å². The lowest BCUT2D eigenvalue weighted by atomic mass is 10.1. The van der Waals surface area contributed by atoms with Gasteiger partial charge in [0.1, 0.15) is 11.4 Å². The minimum Gasteiger partial charge on any atom is -0.594 e. The molecule has 26 heavy (non-hydrogen) atoms. The van der Waals surface area contributed by atoms with Crippen LogP contribution >= 0.6 is 0 Å². The highest BCUT2D eigenvalue weighted by Gasteiger charge is 2.08. The number of rotatable bonds is 9. The summed E-state index contributed by atoms with van der Waals surface area (Å²) in [6.07, 6.45) is 5.50. The van der Waals surface area contributed by atoms with Crippen molar-refractivity contribution in [1.29, 1.82) is 0 Å². The summed E-state index contributed by atoms with van der Waals surface area (Å²) in [5, 5.41) is 16.2. The van der Waals surface area contributed by atoms with E-state index in [-0.39, 0.29) is 5.97 Å². The highest BCUT2D eigenvalue weighted by molar-refractivity contribution is 5.72. The van der Waals surface area contributed by atoms with E-state index in [0.29, 0.717) is 28.4 Å². The van der Waals surface area contributed by atoms with Gasteiger partial charge in [0.25, 0.3) is 0 Å². The topological polar surface area (TPSA) is 64.7 Å². The largest absolute Gasteiger partial charge is 0.594 e. The number of aryl methyl sites for hydroxylation is 1. The Balaban J connectivity index is 1.99. The Kier molecular flexibility index (Phi) is 7.80. The second-order valence-electron chi connectivity index (χ2n) is 6.21.